The number of aromatic carboxylic acids is 1. The van der Waals surface area contributed by atoms with Crippen LogP contribution in [0.25, 0.3) is 0 Å². The Balaban J connectivity index is 1.97. The van der Waals surface area contributed by atoms with E-state index in [0.717, 1.165) is 12.2 Å². The largest absolute Gasteiger partial charge is 0.478 e. The van der Waals surface area contributed by atoms with E-state index in [2.05, 4.69) is 5.32 Å². The third-order valence-electron chi connectivity index (χ3n) is 2.90. The van der Waals surface area contributed by atoms with Crippen LogP contribution in [-0.4, -0.2) is 29.1 Å². The van der Waals surface area contributed by atoms with Crippen LogP contribution in [0.3, 0.4) is 0 Å². The SMILES string of the molecule is Nc1cc(NCC2CCSC2)ccc1C(=O)O. The molecule has 1 saturated heterocycles. The smallest absolute Gasteiger partial charge is 0.337 e. The minimum absolute atomic E-state index is 0.159. The Morgan fingerprint density at radius 3 is 3.00 bits per heavy atom. The zero-order valence-electron chi connectivity index (χ0n) is 9.48. The third kappa shape index (κ3) is 3.06. The van der Waals surface area contributed by atoms with E-state index in [1.165, 1.54) is 17.9 Å². The predicted octanol–water partition coefficient (Wildman–Crippen LogP) is 2.13. The van der Waals surface area contributed by atoms with Gasteiger partial charge in [0.05, 0.1) is 5.56 Å². The van der Waals surface area contributed by atoms with Gasteiger partial charge in [0, 0.05) is 17.9 Å². The first kappa shape index (κ1) is 12.1. The molecule has 0 saturated carbocycles. The molecule has 1 unspecified atom stereocenters. The molecule has 0 aromatic heterocycles. The highest BCUT2D eigenvalue weighted by Crippen LogP contribution is 2.24. The molecule has 1 heterocycles. The first-order valence-corrected chi connectivity index (χ1v) is 6.76. The monoisotopic (exact) mass is 252 g/mol. The van der Waals surface area contributed by atoms with E-state index < -0.39 is 5.97 Å². The minimum Gasteiger partial charge on any atom is -0.478 e. The van der Waals surface area contributed by atoms with Crippen LogP contribution in [-0.2, 0) is 0 Å². The molecule has 1 fully saturated rings. The van der Waals surface area contributed by atoms with Gasteiger partial charge in [-0.3, -0.25) is 0 Å². The van der Waals surface area contributed by atoms with Crippen molar-refractivity contribution in [1.82, 2.24) is 0 Å². The number of nitrogen functional groups attached to an aromatic ring is 1. The van der Waals surface area contributed by atoms with Crippen molar-refractivity contribution in [3.8, 4) is 0 Å². The average molecular weight is 252 g/mol. The van der Waals surface area contributed by atoms with Gasteiger partial charge in [-0.2, -0.15) is 11.8 Å². The lowest BCUT2D eigenvalue weighted by molar-refractivity contribution is 0.0698. The molecule has 1 aliphatic heterocycles. The van der Waals surface area contributed by atoms with Crippen LogP contribution in [0.1, 0.15) is 16.8 Å². The van der Waals surface area contributed by atoms with E-state index in [4.69, 9.17) is 10.8 Å². The van der Waals surface area contributed by atoms with Crippen molar-refractivity contribution in [2.75, 3.05) is 29.1 Å². The molecular formula is C12H16N2O2S. The number of carboxylic acid groups (broad SMARTS) is 1. The molecule has 1 atom stereocenters. The fraction of sp³-hybridized carbons (Fsp3) is 0.417. The topological polar surface area (TPSA) is 75.3 Å². The van der Waals surface area contributed by atoms with Crippen molar-refractivity contribution in [2.45, 2.75) is 6.42 Å². The second-order valence-electron chi connectivity index (χ2n) is 4.22. The van der Waals surface area contributed by atoms with Crippen molar-refractivity contribution in [1.29, 1.82) is 0 Å². The molecule has 1 aromatic rings. The second kappa shape index (κ2) is 5.31. The predicted molar refractivity (Wildman–Crippen MR) is 71.7 cm³/mol. The molecule has 1 aliphatic rings. The minimum atomic E-state index is -0.985. The third-order valence-corrected chi connectivity index (χ3v) is 4.13. The summed E-state index contributed by atoms with van der Waals surface area (Å²) < 4.78 is 0. The van der Waals surface area contributed by atoms with Crippen LogP contribution in [0.2, 0.25) is 0 Å². The van der Waals surface area contributed by atoms with Gasteiger partial charge < -0.3 is 16.2 Å². The molecule has 1 aromatic carbocycles. The summed E-state index contributed by atoms with van der Waals surface area (Å²) in [4.78, 5) is 10.8. The Bertz CT molecular complexity index is 417. The summed E-state index contributed by atoms with van der Waals surface area (Å²) >= 11 is 1.98. The normalized spacial score (nSPS) is 19.2. The molecule has 2 rings (SSSR count). The number of hydrogen-bond acceptors (Lipinski definition) is 4. The molecule has 0 bridgehead atoms. The van der Waals surface area contributed by atoms with E-state index in [-0.39, 0.29) is 5.56 Å². The lowest BCUT2D eigenvalue weighted by Gasteiger charge is -2.12. The maximum Gasteiger partial charge on any atom is 0.337 e. The van der Waals surface area contributed by atoms with Crippen molar-refractivity contribution in [3.63, 3.8) is 0 Å². The maximum absolute atomic E-state index is 10.8. The number of nitrogens with two attached hydrogens (primary N) is 1. The van der Waals surface area contributed by atoms with Gasteiger partial charge in [0.2, 0.25) is 0 Å². The van der Waals surface area contributed by atoms with Crippen LogP contribution in [0.15, 0.2) is 18.2 Å². The Hall–Kier alpha value is -1.36. The lowest BCUT2D eigenvalue weighted by Crippen LogP contribution is -2.13. The summed E-state index contributed by atoms with van der Waals surface area (Å²) in [6, 6.07) is 5.00. The maximum atomic E-state index is 10.8. The van der Waals surface area contributed by atoms with Crippen molar-refractivity contribution >= 4 is 29.1 Å². The van der Waals surface area contributed by atoms with Gasteiger partial charge in [0.15, 0.2) is 0 Å². The average Bonchev–Trinajstić information content (AvgIpc) is 2.78. The van der Waals surface area contributed by atoms with Gasteiger partial charge in [-0.15, -0.1) is 0 Å². The van der Waals surface area contributed by atoms with Crippen LogP contribution in [0.4, 0.5) is 11.4 Å². The van der Waals surface area contributed by atoms with Crippen molar-refractivity contribution < 1.29 is 9.90 Å². The lowest BCUT2D eigenvalue weighted by atomic mass is 10.1. The van der Waals surface area contributed by atoms with Gasteiger partial charge in [-0.25, -0.2) is 4.79 Å². The Labute approximate surface area is 105 Å². The van der Waals surface area contributed by atoms with Gasteiger partial charge in [-0.1, -0.05) is 0 Å². The molecule has 0 radical (unpaired) electrons. The number of thioether (sulfide) groups is 1. The number of benzene rings is 1. The van der Waals surface area contributed by atoms with Crippen molar-refractivity contribution in [3.05, 3.63) is 23.8 Å². The fourth-order valence-corrected chi connectivity index (χ4v) is 3.16. The van der Waals surface area contributed by atoms with Crippen LogP contribution in [0.5, 0.6) is 0 Å². The summed E-state index contributed by atoms with van der Waals surface area (Å²) in [6.45, 7) is 0.929. The van der Waals surface area contributed by atoms with Crippen LogP contribution < -0.4 is 11.1 Å². The Morgan fingerprint density at radius 1 is 1.59 bits per heavy atom. The summed E-state index contributed by atoms with van der Waals surface area (Å²) in [5.41, 5.74) is 7.04. The zero-order chi connectivity index (χ0) is 12.3. The van der Waals surface area contributed by atoms with E-state index in [9.17, 15) is 4.79 Å². The summed E-state index contributed by atoms with van der Waals surface area (Å²) in [5, 5.41) is 12.2. The number of carbonyl (C=O) groups is 1. The quantitative estimate of drug-likeness (QED) is 0.716. The van der Waals surface area contributed by atoms with E-state index in [1.807, 2.05) is 11.8 Å². The first-order valence-electron chi connectivity index (χ1n) is 5.61. The standard InChI is InChI=1S/C12H16N2O2S/c13-11-5-9(1-2-10(11)12(15)16)14-6-8-3-4-17-7-8/h1-2,5,8,14H,3-4,6-7,13H2,(H,15,16). The molecule has 0 aliphatic carbocycles. The van der Waals surface area contributed by atoms with Gasteiger partial charge >= 0.3 is 5.97 Å². The number of rotatable bonds is 4. The van der Waals surface area contributed by atoms with Crippen LogP contribution in [0, 0.1) is 5.92 Å². The number of hydrogen-bond donors (Lipinski definition) is 3. The number of carboxylic acids is 1. The van der Waals surface area contributed by atoms with Gasteiger partial charge in [0.25, 0.3) is 0 Å². The van der Waals surface area contributed by atoms with E-state index >= 15 is 0 Å². The molecular weight excluding hydrogens is 236 g/mol. The summed E-state index contributed by atoms with van der Waals surface area (Å²) in [7, 11) is 0. The van der Waals surface area contributed by atoms with E-state index in [0.29, 0.717) is 11.6 Å². The van der Waals surface area contributed by atoms with E-state index in [1.54, 1.807) is 18.2 Å². The molecule has 4 nitrogen and oxygen atoms in total. The summed E-state index contributed by atoms with van der Waals surface area (Å²) in [6.07, 6.45) is 1.25. The molecule has 5 heteroatoms. The fourth-order valence-electron chi connectivity index (χ4n) is 1.87. The Morgan fingerprint density at radius 2 is 2.41 bits per heavy atom. The molecule has 17 heavy (non-hydrogen) atoms. The van der Waals surface area contributed by atoms with Gasteiger partial charge in [-0.05, 0) is 42.0 Å². The number of anilines is 2. The van der Waals surface area contributed by atoms with Crippen molar-refractivity contribution in [2.24, 2.45) is 5.92 Å². The first-order chi connectivity index (χ1) is 8.16. The van der Waals surface area contributed by atoms with Gasteiger partial charge in [0.1, 0.15) is 0 Å². The Kier molecular flexibility index (Phi) is 3.78. The molecule has 92 valence electrons. The second-order valence-corrected chi connectivity index (χ2v) is 5.37. The highest BCUT2D eigenvalue weighted by Gasteiger charge is 2.15. The summed E-state index contributed by atoms with van der Waals surface area (Å²) in [5.74, 6) is 2.17. The number of nitrogens with one attached hydrogen (secondary N) is 1. The molecule has 0 amide bonds. The highest BCUT2D eigenvalue weighted by atomic mass is 32.2. The highest BCUT2D eigenvalue weighted by molar-refractivity contribution is 7.99. The zero-order valence-corrected chi connectivity index (χ0v) is 10.3. The molecule has 4 N–H and O–H groups in total. The molecule has 0 spiro atoms. The van der Waals surface area contributed by atoms with Crippen LogP contribution >= 0.6 is 11.8 Å².